The summed E-state index contributed by atoms with van der Waals surface area (Å²) in [6.45, 7) is 18.6. The third-order valence-electron chi connectivity index (χ3n) is 8.42. The number of hydrogen-bond acceptors (Lipinski definition) is 2. The van der Waals surface area contributed by atoms with Crippen molar-refractivity contribution in [2.75, 3.05) is 0 Å². The minimum absolute atomic E-state index is 0.122. The minimum atomic E-state index is 0.122. The Morgan fingerprint density at radius 1 is 0.700 bits per heavy atom. The van der Waals surface area contributed by atoms with E-state index in [1.807, 2.05) is 0 Å². The molecule has 0 unspecified atom stereocenters. The average molecular weight is 526 g/mol. The molecule has 0 aliphatic carbocycles. The molecule has 0 N–H and O–H groups in total. The molecular weight excluding hydrogens is 486 g/mol. The molecule has 0 saturated carbocycles. The monoisotopic (exact) mass is 525 g/mol. The van der Waals surface area contributed by atoms with E-state index in [1.165, 1.54) is 65.6 Å². The molecule has 7 rings (SSSR count). The Morgan fingerprint density at radius 2 is 1.45 bits per heavy atom. The van der Waals surface area contributed by atoms with E-state index in [-0.39, 0.29) is 10.8 Å². The molecule has 3 aromatic heterocycles. The predicted molar refractivity (Wildman–Crippen MR) is 172 cm³/mol. The van der Waals surface area contributed by atoms with Crippen LogP contribution in [0.25, 0.3) is 59.9 Å². The van der Waals surface area contributed by atoms with Gasteiger partial charge in [0.1, 0.15) is 6.33 Å². The molecule has 3 heteroatoms. The smallest absolute Gasteiger partial charge is 0.116 e. The molecule has 0 amide bonds. The Kier molecular flexibility index (Phi) is 5.30. The largest absolute Gasteiger partial charge is 0.307 e. The van der Waals surface area contributed by atoms with Crippen molar-refractivity contribution in [1.82, 2.24) is 14.4 Å². The van der Waals surface area contributed by atoms with Crippen molar-refractivity contribution in [3.63, 3.8) is 0 Å². The van der Waals surface area contributed by atoms with Crippen molar-refractivity contribution in [2.45, 2.75) is 74.1 Å². The fraction of sp³-hybridized carbons (Fsp3) is 0.351. The van der Waals surface area contributed by atoms with E-state index in [4.69, 9.17) is 9.97 Å². The summed E-state index contributed by atoms with van der Waals surface area (Å²) in [4.78, 5) is 9.71. The van der Waals surface area contributed by atoms with Gasteiger partial charge >= 0.3 is 0 Å². The number of rotatable bonds is 3. The van der Waals surface area contributed by atoms with Crippen LogP contribution in [0.4, 0.5) is 0 Å². The van der Waals surface area contributed by atoms with Crippen LogP contribution >= 0.6 is 0 Å². The van der Waals surface area contributed by atoms with Gasteiger partial charge in [-0.1, -0.05) is 79.7 Å². The highest BCUT2D eigenvalue weighted by molar-refractivity contribution is 6.28. The van der Waals surface area contributed by atoms with Gasteiger partial charge in [-0.05, 0) is 87.4 Å². The molecule has 0 aliphatic heterocycles. The maximum Gasteiger partial charge on any atom is 0.116 e. The molecule has 3 nitrogen and oxygen atoms in total. The van der Waals surface area contributed by atoms with Gasteiger partial charge in [-0.3, -0.25) is 0 Å². The van der Waals surface area contributed by atoms with Gasteiger partial charge < -0.3 is 4.40 Å². The van der Waals surface area contributed by atoms with Crippen LogP contribution in [0.15, 0.2) is 60.9 Å². The van der Waals surface area contributed by atoms with Crippen molar-refractivity contribution in [2.24, 2.45) is 10.8 Å². The van der Waals surface area contributed by atoms with Gasteiger partial charge in [-0.2, -0.15) is 0 Å². The zero-order valence-corrected chi connectivity index (χ0v) is 25.1. The highest BCUT2D eigenvalue weighted by Gasteiger charge is 2.25. The van der Waals surface area contributed by atoms with Crippen LogP contribution in [0.5, 0.6) is 0 Å². The van der Waals surface area contributed by atoms with E-state index >= 15 is 0 Å². The molecule has 3 heterocycles. The van der Waals surface area contributed by atoms with Gasteiger partial charge in [0.25, 0.3) is 0 Å². The lowest BCUT2D eigenvalue weighted by Gasteiger charge is -2.24. The van der Waals surface area contributed by atoms with Crippen molar-refractivity contribution >= 4 is 59.9 Å². The zero-order valence-electron chi connectivity index (χ0n) is 25.1. The second-order valence-corrected chi connectivity index (χ2v) is 14.6. The van der Waals surface area contributed by atoms with Crippen LogP contribution in [0.3, 0.4) is 0 Å². The molecule has 7 aromatic rings. The van der Waals surface area contributed by atoms with Gasteiger partial charge in [0.2, 0.25) is 0 Å². The Hall–Kier alpha value is -3.72. The molecule has 0 bridgehead atoms. The Morgan fingerprint density at radius 3 is 2.17 bits per heavy atom. The summed E-state index contributed by atoms with van der Waals surface area (Å²) in [5, 5.41) is 7.65. The molecule has 0 radical (unpaired) electrons. The Balaban J connectivity index is 1.74. The maximum absolute atomic E-state index is 4.98. The van der Waals surface area contributed by atoms with E-state index in [1.54, 1.807) is 6.33 Å². The van der Waals surface area contributed by atoms with E-state index in [0.717, 1.165) is 23.9 Å². The first-order valence-corrected chi connectivity index (χ1v) is 14.7. The fourth-order valence-corrected chi connectivity index (χ4v) is 6.85. The third-order valence-corrected chi connectivity index (χ3v) is 8.42. The minimum Gasteiger partial charge on any atom is -0.307 e. The molecule has 40 heavy (non-hydrogen) atoms. The second-order valence-electron chi connectivity index (χ2n) is 14.6. The quantitative estimate of drug-likeness (QED) is 0.170. The zero-order chi connectivity index (χ0) is 28.1. The lowest BCUT2D eigenvalue weighted by Crippen LogP contribution is -2.12. The number of pyridine rings is 1. The number of hydrogen-bond donors (Lipinski definition) is 0. The van der Waals surface area contributed by atoms with Crippen LogP contribution in [0.1, 0.15) is 78.0 Å². The molecule has 0 aliphatic rings. The molecule has 4 aromatic carbocycles. The highest BCUT2D eigenvalue weighted by Crippen LogP contribution is 2.44. The number of benzene rings is 4. The maximum atomic E-state index is 4.98. The second kappa shape index (κ2) is 8.39. The topological polar surface area (TPSA) is 30.2 Å². The Labute approximate surface area is 236 Å². The molecule has 0 fully saturated rings. The molecular formula is C37H39N3. The standard InChI is InChI=1S/C37H39N3/c1-21(2)23-10-14-31-27(16-23)26-12-13-30-32-33(39-20-38-30)28-17-24-15-22(18-36(3,4)5)9-11-25(24)29(19-37(6,7)8)34(28)40(31)35(26)32/h9-17,20-21H,18-19H2,1-8H3. The molecule has 0 saturated heterocycles. The van der Waals surface area contributed by atoms with Gasteiger partial charge in [0, 0.05) is 16.2 Å². The van der Waals surface area contributed by atoms with E-state index in [2.05, 4.69) is 114 Å². The summed E-state index contributed by atoms with van der Waals surface area (Å²) in [5.41, 5.74) is 10.4. The lowest BCUT2D eigenvalue weighted by molar-refractivity contribution is 0.411. The van der Waals surface area contributed by atoms with Gasteiger partial charge in [0.05, 0.1) is 33.0 Å². The van der Waals surface area contributed by atoms with Gasteiger partial charge in [-0.15, -0.1) is 0 Å². The van der Waals surface area contributed by atoms with Gasteiger partial charge in [-0.25, -0.2) is 9.97 Å². The van der Waals surface area contributed by atoms with Crippen LogP contribution < -0.4 is 0 Å². The summed E-state index contributed by atoms with van der Waals surface area (Å²) >= 11 is 0. The average Bonchev–Trinajstić information content (AvgIpc) is 3.20. The van der Waals surface area contributed by atoms with E-state index in [9.17, 15) is 0 Å². The predicted octanol–water partition coefficient (Wildman–Crippen LogP) is 10.2. The highest BCUT2D eigenvalue weighted by atomic mass is 14.9. The summed E-state index contributed by atoms with van der Waals surface area (Å²) in [6, 6.07) is 21.1. The number of fused-ring (bicyclic) bond motifs is 7. The first-order chi connectivity index (χ1) is 18.9. The fourth-order valence-electron chi connectivity index (χ4n) is 6.85. The number of aromatic nitrogens is 3. The Bertz CT molecular complexity index is 2100. The van der Waals surface area contributed by atoms with Crippen LogP contribution in [-0.2, 0) is 12.8 Å². The van der Waals surface area contributed by atoms with Crippen molar-refractivity contribution in [1.29, 1.82) is 0 Å². The van der Waals surface area contributed by atoms with Crippen molar-refractivity contribution in [3.05, 3.63) is 77.6 Å². The molecule has 0 spiro atoms. The first kappa shape index (κ1) is 25.3. The summed E-state index contributed by atoms with van der Waals surface area (Å²) < 4.78 is 2.55. The third kappa shape index (κ3) is 3.85. The normalized spacial score (nSPS) is 13.4. The van der Waals surface area contributed by atoms with Gasteiger partial charge in [0.15, 0.2) is 0 Å². The first-order valence-electron chi connectivity index (χ1n) is 14.7. The number of nitrogens with zero attached hydrogens (tertiary/aromatic N) is 3. The van der Waals surface area contributed by atoms with Crippen LogP contribution in [-0.4, -0.2) is 14.4 Å². The SMILES string of the molecule is CC(C)c1ccc2c(c1)c1ccc3ncnc4c5cc6cc(CC(C)(C)C)ccc6c(CC(C)(C)C)c5n2c1c34. The van der Waals surface area contributed by atoms with Crippen LogP contribution in [0.2, 0.25) is 0 Å². The lowest BCUT2D eigenvalue weighted by atomic mass is 9.83. The summed E-state index contributed by atoms with van der Waals surface area (Å²) in [7, 11) is 0. The molecule has 0 atom stereocenters. The summed E-state index contributed by atoms with van der Waals surface area (Å²) in [5.74, 6) is 0.474. The molecule has 202 valence electrons. The summed E-state index contributed by atoms with van der Waals surface area (Å²) in [6.07, 6.45) is 3.77. The van der Waals surface area contributed by atoms with Crippen molar-refractivity contribution < 1.29 is 0 Å². The van der Waals surface area contributed by atoms with E-state index < -0.39 is 0 Å². The van der Waals surface area contributed by atoms with E-state index in [0.29, 0.717) is 5.92 Å². The van der Waals surface area contributed by atoms with Crippen LogP contribution in [0, 0.1) is 10.8 Å². The van der Waals surface area contributed by atoms with Crippen molar-refractivity contribution in [3.8, 4) is 0 Å².